The Kier molecular flexibility index (Phi) is 3.28. The second kappa shape index (κ2) is 5.21. The molecule has 0 aliphatic heterocycles. The average Bonchev–Trinajstić information content (AvgIpc) is 2.99. The average molecular weight is 315 g/mol. The normalized spacial score (nSPS) is 15.1. The largest absolute Gasteiger partial charge is 0.109 e. The molecule has 0 saturated carbocycles. The van der Waals surface area contributed by atoms with Crippen LogP contribution in [0.15, 0.2) is 77.5 Å². The van der Waals surface area contributed by atoms with Gasteiger partial charge in [0.15, 0.2) is 0 Å². The number of benzene rings is 3. The molecule has 0 aromatic heterocycles. The highest BCUT2D eigenvalue weighted by Gasteiger charge is 2.32. The van der Waals surface area contributed by atoms with E-state index < -0.39 is 8.07 Å². The van der Waals surface area contributed by atoms with Crippen LogP contribution < -0.4 is 5.19 Å². The summed E-state index contributed by atoms with van der Waals surface area (Å²) in [5.74, 6) is 0. The minimum absolute atomic E-state index is 1.13. The quantitative estimate of drug-likeness (QED) is 0.419. The van der Waals surface area contributed by atoms with Crippen LogP contribution in [0.5, 0.6) is 0 Å². The second-order valence-corrected chi connectivity index (χ2v) is 11.5. The van der Waals surface area contributed by atoms with Crippen LogP contribution in [-0.4, -0.2) is 8.07 Å². The van der Waals surface area contributed by atoms with Gasteiger partial charge in [-0.05, 0) is 46.1 Å². The highest BCUT2D eigenvalue weighted by atomic mass is 28.3. The van der Waals surface area contributed by atoms with Crippen molar-refractivity contribution in [2.24, 2.45) is 0 Å². The van der Waals surface area contributed by atoms with Crippen LogP contribution in [0.4, 0.5) is 0 Å². The van der Waals surface area contributed by atoms with Gasteiger partial charge in [0.1, 0.15) is 8.07 Å². The van der Waals surface area contributed by atoms with Gasteiger partial charge in [-0.3, -0.25) is 0 Å². The summed E-state index contributed by atoms with van der Waals surface area (Å²) in [6.07, 6.45) is 5.93. The third kappa shape index (κ3) is 2.27. The Morgan fingerprint density at radius 1 is 0.826 bits per heavy atom. The van der Waals surface area contributed by atoms with E-state index in [0.717, 1.165) is 6.42 Å². The maximum atomic E-state index is 2.51. The zero-order chi connectivity index (χ0) is 16.0. The van der Waals surface area contributed by atoms with Crippen LogP contribution in [0, 0.1) is 0 Å². The third-order valence-corrected chi connectivity index (χ3v) is 8.99. The summed E-state index contributed by atoms with van der Waals surface area (Å²) in [6, 6.07) is 20.1. The molecule has 0 radical (unpaired) electrons. The maximum absolute atomic E-state index is 2.51. The molecule has 0 heterocycles. The Hall–Kier alpha value is -2.12. The van der Waals surface area contributed by atoms with Crippen molar-refractivity contribution in [2.75, 3.05) is 0 Å². The van der Waals surface area contributed by atoms with Gasteiger partial charge < -0.3 is 0 Å². The Morgan fingerprint density at radius 2 is 1.39 bits per heavy atom. The fourth-order valence-electron chi connectivity index (χ4n) is 3.95. The van der Waals surface area contributed by atoms with E-state index in [1.165, 1.54) is 27.1 Å². The summed E-state index contributed by atoms with van der Waals surface area (Å²) in [7, 11) is -1.71. The topological polar surface area (TPSA) is 0 Å². The molecular formula is C22H22Si. The molecule has 0 atom stereocenters. The number of allylic oxidation sites excluding steroid dienone is 4. The highest BCUT2D eigenvalue weighted by Crippen LogP contribution is 2.31. The van der Waals surface area contributed by atoms with E-state index in [-0.39, 0.29) is 0 Å². The summed E-state index contributed by atoms with van der Waals surface area (Å²) in [5.41, 5.74) is 1.42. The summed E-state index contributed by atoms with van der Waals surface area (Å²) in [6.45, 7) is 7.25. The molecule has 0 spiro atoms. The van der Waals surface area contributed by atoms with Crippen molar-refractivity contribution >= 4 is 34.8 Å². The SMILES string of the molecule is CC1=CCC([Si](C)(C)c2c3ccccc3cc3ccccc23)=C1. The van der Waals surface area contributed by atoms with Gasteiger partial charge in [0.05, 0.1) is 0 Å². The molecule has 1 aliphatic carbocycles. The highest BCUT2D eigenvalue weighted by molar-refractivity contribution is 6.98. The van der Waals surface area contributed by atoms with Gasteiger partial charge in [-0.15, -0.1) is 0 Å². The lowest BCUT2D eigenvalue weighted by Gasteiger charge is -2.28. The summed E-state index contributed by atoms with van der Waals surface area (Å²) >= 11 is 0. The lowest BCUT2D eigenvalue weighted by molar-refractivity contribution is 1.36. The molecular weight excluding hydrogens is 292 g/mol. The van der Waals surface area contributed by atoms with Gasteiger partial charge in [-0.1, -0.05) is 84.5 Å². The summed E-state index contributed by atoms with van der Waals surface area (Å²) < 4.78 is 0. The van der Waals surface area contributed by atoms with Gasteiger partial charge in [0.2, 0.25) is 0 Å². The number of rotatable bonds is 2. The van der Waals surface area contributed by atoms with Crippen molar-refractivity contribution in [2.45, 2.75) is 26.4 Å². The minimum atomic E-state index is -1.71. The molecule has 0 unspecified atom stereocenters. The van der Waals surface area contributed by atoms with E-state index in [1.54, 1.807) is 10.4 Å². The van der Waals surface area contributed by atoms with E-state index in [9.17, 15) is 0 Å². The smallest absolute Gasteiger partial charge is 0.0779 e. The van der Waals surface area contributed by atoms with Crippen molar-refractivity contribution < 1.29 is 0 Å². The molecule has 0 nitrogen and oxygen atoms in total. The lowest BCUT2D eigenvalue weighted by Crippen LogP contribution is -2.44. The van der Waals surface area contributed by atoms with Crippen LogP contribution in [0.1, 0.15) is 13.3 Å². The number of fused-ring (bicyclic) bond motifs is 2. The van der Waals surface area contributed by atoms with Crippen molar-refractivity contribution in [1.82, 2.24) is 0 Å². The Bertz CT molecular complexity index is 920. The van der Waals surface area contributed by atoms with Crippen LogP contribution in [0.3, 0.4) is 0 Å². The second-order valence-electron chi connectivity index (χ2n) is 7.14. The first-order chi connectivity index (χ1) is 11.1. The molecule has 0 amide bonds. The third-order valence-electron chi connectivity index (χ3n) is 5.24. The first-order valence-corrected chi connectivity index (χ1v) is 11.4. The lowest BCUT2D eigenvalue weighted by atomic mass is 10.0. The van der Waals surface area contributed by atoms with Crippen LogP contribution in [0.25, 0.3) is 21.5 Å². The fourth-order valence-corrected chi connectivity index (χ4v) is 7.27. The van der Waals surface area contributed by atoms with Crippen LogP contribution in [0.2, 0.25) is 13.1 Å². The monoisotopic (exact) mass is 314 g/mol. The minimum Gasteiger partial charge on any atom is -0.0779 e. The molecule has 1 aliphatic rings. The first kappa shape index (κ1) is 14.5. The van der Waals surface area contributed by atoms with E-state index in [2.05, 4.69) is 86.8 Å². The van der Waals surface area contributed by atoms with Crippen molar-refractivity contribution in [3.63, 3.8) is 0 Å². The molecule has 23 heavy (non-hydrogen) atoms. The van der Waals surface area contributed by atoms with Gasteiger partial charge in [-0.25, -0.2) is 0 Å². The summed E-state index contributed by atoms with van der Waals surface area (Å²) in [4.78, 5) is 0. The van der Waals surface area contributed by atoms with E-state index in [4.69, 9.17) is 0 Å². The predicted octanol–water partition coefficient (Wildman–Crippen LogP) is 5.72. The summed E-state index contributed by atoms with van der Waals surface area (Å²) in [5, 5.41) is 8.86. The molecule has 0 bridgehead atoms. The van der Waals surface area contributed by atoms with Crippen molar-refractivity contribution in [1.29, 1.82) is 0 Å². The molecule has 0 N–H and O–H groups in total. The van der Waals surface area contributed by atoms with Gasteiger partial charge >= 0.3 is 0 Å². The zero-order valence-electron chi connectivity index (χ0n) is 14.1. The van der Waals surface area contributed by atoms with Crippen LogP contribution in [-0.2, 0) is 0 Å². The predicted molar refractivity (Wildman–Crippen MR) is 105 cm³/mol. The molecule has 0 saturated heterocycles. The molecule has 4 rings (SSSR count). The molecule has 1 heteroatoms. The van der Waals surface area contributed by atoms with Gasteiger partial charge in [0, 0.05) is 0 Å². The fraction of sp³-hybridized carbons (Fsp3) is 0.182. The maximum Gasteiger partial charge on any atom is 0.109 e. The standard InChI is InChI=1S/C22H22Si/c1-16-12-13-19(14-16)23(2,3)22-20-10-6-4-8-17(20)15-18-9-5-7-11-21(18)22/h4-12,14-15H,13H2,1-3H3. The van der Waals surface area contributed by atoms with Crippen molar-refractivity contribution in [3.05, 3.63) is 77.5 Å². The molecule has 0 fully saturated rings. The van der Waals surface area contributed by atoms with Gasteiger partial charge in [0.25, 0.3) is 0 Å². The molecule has 114 valence electrons. The number of hydrogen-bond donors (Lipinski definition) is 0. The van der Waals surface area contributed by atoms with Gasteiger partial charge in [-0.2, -0.15) is 0 Å². The van der Waals surface area contributed by atoms with E-state index in [1.807, 2.05) is 0 Å². The van der Waals surface area contributed by atoms with Crippen LogP contribution >= 0.6 is 0 Å². The Labute approximate surface area is 139 Å². The Morgan fingerprint density at radius 3 is 1.91 bits per heavy atom. The zero-order valence-corrected chi connectivity index (χ0v) is 15.1. The van der Waals surface area contributed by atoms with E-state index in [0.29, 0.717) is 0 Å². The number of hydrogen-bond acceptors (Lipinski definition) is 0. The first-order valence-electron chi connectivity index (χ1n) is 8.36. The van der Waals surface area contributed by atoms with Crippen molar-refractivity contribution in [3.8, 4) is 0 Å². The molecule has 3 aromatic rings. The van der Waals surface area contributed by atoms with E-state index >= 15 is 0 Å². The molecule has 3 aromatic carbocycles. The Balaban J connectivity index is 2.09.